The summed E-state index contributed by atoms with van der Waals surface area (Å²) in [4.78, 5) is 9.87. The Morgan fingerprint density at radius 1 is 1.71 bits per heavy atom. The van der Waals surface area contributed by atoms with Crippen molar-refractivity contribution in [2.75, 3.05) is 11.5 Å². The first kappa shape index (κ1) is 5.42. The maximum Gasteiger partial charge on any atom is 0.166 e. The van der Waals surface area contributed by atoms with Gasteiger partial charge in [-0.1, -0.05) is 10.8 Å². The van der Waals surface area contributed by atoms with Gasteiger partial charge in [-0.25, -0.2) is 4.79 Å². The van der Waals surface area contributed by atoms with Gasteiger partial charge < -0.3 is 0 Å². The van der Waals surface area contributed by atoms with Crippen molar-refractivity contribution in [3.05, 3.63) is 0 Å². The molecule has 7 heavy (non-hydrogen) atoms. The molecule has 1 unspecified atom stereocenters. The van der Waals surface area contributed by atoms with E-state index in [-0.39, 0.29) is 9.52 Å². The van der Waals surface area contributed by atoms with E-state index in [1.54, 1.807) is 10.8 Å². The third-order valence-electron chi connectivity index (χ3n) is 0.793. The smallest absolute Gasteiger partial charge is 0.166 e. The molecule has 1 nitrogen and oxygen atoms in total. The molecule has 0 aromatic heterocycles. The minimum Gasteiger partial charge on any atom is -0.226 e. The highest BCUT2D eigenvalue weighted by atomic mass is 33.1. The summed E-state index contributed by atoms with van der Waals surface area (Å²) in [7, 11) is 1.72. The SMILES string of the molecule is O=C=S1CCCS1. The van der Waals surface area contributed by atoms with E-state index in [9.17, 15) is 4.79 Å². The maximum absolute atomic E-state index is 9.87. The highest BCUT2D eigenvalue weighted by molar-refractivity contribution is 8.83. The Labute approximate surface area is 48.8 Å². The van der Waals surface area contributed by atoms with Crippen LogP contribution < -0.4 is 0 Å². The van der Waals surface area contributed by atoms with Gasteiger partial charge in [0.1, 0.15) is 0 Å². The fourth-order valence-electron chi connectivity index (χ4n) is 0.474. The second-order valence-electron chi connectivity index (χ2n) is 1.31. The van der Waals surface area contributed by atoms with Gasteiger partial charge >= 0.3 is 0 Å². The van der Waals surface area contributed by atoms with E-state index in [4.69, 9.17) is 0 Å². The van der Waals surface area contributed by atoms with Gasteiger partial charge in [0.05, 0.1) is 0 Å². The monoisotopic (exact) mass is 134 g/mol. The zero-order chi connectivity index (χ0) is 5.11. The topological polar surface area (TPSA) is 17.1 Å². The van der Waals surface area contributed by atoms with E-state index < -0.39 is 0 Å². The molecule has 0 N–H and O–H groups in total. The summed E-state index contributed by atoms with van der Waals surface area (Å²) in [5.41, 5.74) is 0. The summed E-state index contributed by atoms with van der Waals surface area (Å²) in [5, 5.41) is 2.00. The zero-order valence-corrected chi connectivity index (χ0v) is 5.48. The molecule has 1 heterocycles. The van der Waals surface area contributed by atoms with Crippen molar-refractivity contribution < 1.29 is 4.79 Å². The normalized spacial score (nSPS) is 30.0. The zero-order valence-electron chi connectivity index (χ0n) is 3.85. The number of hydrogen-bond acceptors (Lipinski definition) is 2. The van der Waals surface area contributed by atoms with Crippen LogP contribution in [0.2, 0.25) is 0 Å². The number of hydrogen-bond donors (Lipinski definition) is 0. The third-order valence-corrected chi connectivity index (χ3v) is 4.44. The van der Waals surface area contributed by atoms with Gasteiger partial charge in [0.2, 0.25) is 0 Å². The van der Waals surface area contributed by atoms with E-state index in [0.29, 0.717) is 0 Å². The molecule has 0 aromatic rings. The third kappa shape index (κ3) is 1.34. The first-order chi connectivity index (χ1) is 3.43. The van der Waals surface area contributed by atoms with Crippen LogP contribution in [0.4, 0.5) is 0 Å². The summed E-state index contributed by atoms with van der Waals surface area (Å²) in [6, 6.07) is 0. The van der Waals surface area contributed by atoms with Crippen molar-refractivity contribution in [1.82, 2.24) is 0 Å². The van der Waals surface area contributed by atoms with E-state index >= 15 is 0 Å². The van der Waals surface area contributed by atoms with Gasteiger partial charge in [-0.05, 0) is 15.9 Å². The molecule has 1 rings (SSSR count). The van der Waals surface area contributed by atoms with Crippen molar-refractivity contribution in [3.8, 4) is 0 Å². The predicted octanol–water partition coefficient (Wildman–Crippen LogP) is 1.37. The predicted molar refractivity (Wildman–Crippen MR) is 35.2 cm³/mol. The highest BCUT2D eigenvalue weighted by Gasteiger charge is 2.04. The molecular weight excluding hydrogens is 128 g/mol. The van der Waals surface area contributed by atoms with E-state index in [0.717, 1.165) is 5.75 Å². The second-order valence-corrected chi connectivity index (χ2v) is 5.13. The van der Waals surface area contributed by atoms with E-state index in [1.165, 1.54) is 12.2 Å². The molecule has 0 spiro atoms. The second kappa shape index (κ2) is 2.55. The van der Waals surface area contributed by atoms with Crippen LogP contribution in [-0.4, -0.2) is 16.7 Å². The Hall–Kier alpha value is 0.280. The van der Waals surface area contributed by atoms with Crippen LogP contribution in [0, 0.1) is 0 Å². The molecule has 1 aliphatic rings. The minimum absolute atomic E-state index is 0.0231. The van der Waals surface area contributed by atoms with Crippen molar-refractivity contribution in [3.63, 3.8) is 0 Å². The molecule has 40 valence electrons. The number of rotatable bonds is 0. The molecule has 1 fully saturated rings. The maximum atomic E-state index is 9.87. The largest absolute Gasteiger partial charge is 0.226 e. The fourth-order valence-corrected chi connectivity index (χ4v) is 3.58. The summed E-state index contributed by atoms with van der Waals surface area (Å²) in [6.45, 7) is 0. The average Bonchev–Trinajstić information content (AvgIpc) is 2.14. The summed E-state index contributed by atoms with van der Waals surface area (Å²) in [6.07, 6.45) is 1.21. The van der Waals surface area contributed by atoms with Crippen molar-refractivity contribution >= 4 is 25.5 Å². The number of carbonyl (C=O) groups excluding carboxylic acids is 1. The van der Waals surface area contributed by atoms with Crippen LogP contribution >= 0.6 is 20.3 Å². The molecule has 0 radical (unpaired) electrons. The Morgan fingerprint density at radius 3 is 2.86 bits per heavy atom. The first-order valence-corrected chi connectivity index (χ1v) is 5.05. The minimum atomic E-state index is -0.0231. The summed E-state index contributed by atoms with van der Waals surface area (Å²) in [5.74, 6) is 2.24. The van der Waals surface area contributed by atoms with Crippen molar-refractivity contribution in [1.29, 1.82) is 0 Å². The van der Waals surface area contributed by atoms with Crippen LogP contribution in [-0.2, 0) is 4.79 Å². The summed E-state index contributed by atoms with van der Waals surface area (Å²) >= 11 is 0. The molecular formula is C4H6OS2. The van der Waals surface area contributed by atoms with Crippen LogP contribution in [0.3, 0.4) is 0 Å². The van der Waals surface area contributed by atoms with Crippen LogP contribution in [0.25, 0.3) is 0 Å². The lowest BCUT2D eigenvalue weighted by atomic mass is 10.6. The van der Waals surface area contributed by atoms with Crippen molar-refractivity contribution in [2.45, 2.75) is 6.42 Å². The molecule has 0 saturated carbocycles. The Morgan fingerprint density at radius 2 is 2.57 bits per heavy atom. The molecule has 1 atom stereocenters. The van der Waals surface area contributed by atoms with Gasteiger partial charge in [-0.3, -0.25) is 0 Å². The summed E-state index contributed by atoms with van der Waals surface area (Å²) < 4.78 is 0. The highest BCUT2D eigenvalue weighted by Crippen LogP contribution is 2.36. The average molecular weight is 134 g/mol. The molecule has 3 heteroatoms. The Balaban J connectivity index is 2.57. The Bertz CT molecular complexity index is 107. The molecule has 0 aromatic carbocycles. The lowest BCUT2D eigenvalue weighted by Crippen LogP contribution is -1.66. The molecule has 1 aliphatic heterocycles. The molecule has 0 amide bonds. The van der Waals surface area contributed by atoms with Gasteiger partial charge in [0.15, 0.2) is 5.23 Å². The van der Waals surface area contributed by atoms with E-state index in [1.807, 2.05) is 5.23 Å². The lowest BCUT2D eigenvalue weighted by Gasteiger charge is -1.79. The van der Waals surface area contributed by atoms with E-state index in [2.05, 4.69) is 0 Å². The molecule has 1 saturated heterocycles. The Kier molecular flexibility index (Phi) is 1.98. The van der Waals surface area contributed by atoms with Crippen LogP contribution in [0.15, 0.2) is 0 Å². The molecule has 0 bridgehead atoms. The van der Waals surface area contributed by atoms with Crippen LogP contribution in [0.5, 0.6) is 0 Å². The van der Waals surface area contributed by atoms with Crippen LogP contribution in [0.1, 0.15) is 6.42 Å². The first-order valence-electron chi connectivity index (χ1n) is 2.15. The van der Waals surface area contributed by atoms with Gasteiger partial charge in [0, 0.05) is 11.5 Å². The van der Waals surface area contributed by atoms with Gasteiger partial charge in [-0.15, -0.1) is 0 Å². The van der Waals surface area contributed by atoms with Crippen molar-refractivity contribution in [2.24, 2.45) is 0 Å². The van der Waals surface area contributed by atoms with Gasteiger partial charge in [-0.2, -0.15) is 0 Å². The lowest BCUT2D eigenvalue weighted by molar-refractivity contribution is 0.572. The molecule has 0 aliphatic carbocycles. The van der Waals surface area contributed by atoms with Gasteiger partial charge in [0.25, 0.3) is 0 Å². The fraction of sp³-hybridized carbons (Fsp3) is 0.750. The quantitative estimate of drug-likeness (QED) is 0.368. The standard InChI is InChI=1S/C4H6OS2/c5-4-7-3-1-2-6-7/h1-3H2.